The Morgan fingerprint density at radius 1 is 0.977 bits per heavy atom. The molecule has 0 aliphatic heterocycles. The van der Waals surface area contributed by atoms with Crippen molar-refractivity contribution >= 4 is 40.9 Å². The number of rotatable bonds is 12. The smallest absolute Gasteiger partial charge is 0.419 e. The second kappa shape index (κ2) is 14.8. The van der Waals surface area contributed by atoms with Gasteiger partial charge in [0.25, 0.3) is 11.8 Å². The summed E-state index contributed by atoms with van der Waals surface area (Å²) in [4.78, 5) is 56.5. The van der Waals surface area contributed by atoms with E-state index < -0.39 is 24.8 Å². The van der Waals surface area contributed by atoms with Crippen LogP contribution in [0.3, 0.4) is 0 Å². The maximum Gasteiger partial charge on any atom is 0.419 e. The van der Waals surface area contributed by atoms with E-state index in [1.54, 1.807) is 41.0 Å². The molecule has 4 aromatic rings. The minimum absolute atomic E-state index is 0.0316. The molecule has 0 aliphatic rings. The molecule has 0 unspecified atom stereocenters. The quantitative estimate of drug-likeness (QED) is 0.170. The van der Waals surface area contributed by atoms with Gasteiger partial charge in [0, 0.05) is 30.5 Å². The number of esters is 1. The molecule has 0 radical (unpaired) electrons. The number of benzene rings is 2. The molecule has 230 valence electrons. The molecule has 0 saturated carbocycles. The van der Waals surface area contributed by atoms with Gasteiger partial charge in [-0.15, -0.1) is 0 Å². The number of fused-ring (bicyclic) bond motifs is 1. The Balaban J connectivity index is 1.48. The lowest BCUT2D eigenvalue weighted by Gasteiger charge is -2.20. The SMILES string of the molecule is CCCNC(=O)c1cn2ncnc(Nc3cc(C(=O)N(CCC)C(=O)OCOC(=O)Cc4ccccc4)ccc3C)c2c1C. The Morgan fingerprint density at radius 3 is 2.48 bits per heavy atom. The van der Waals surface area contributed by atoms with E-state index in [1.807, 2.05) is 45.9 Å². The fourth-order valence-corrected chi connectivity index (χ4v) is 4.52. The number of ether oxygens (including phenoxy) is 2. The maximum atomic E-state index is 13.5. The van der Waals surface area contributed by atoms with Crippen LogP contribution in [0, 0.1) is 13.8 Å². The van der Waals surface area contributed by atoms with Gasteiger partial charge in [0.05, 0.1) is 12.0 Å². The summed E-state index contributed by atoms with van der Waals surface area (Å²) in [6, 6.07) is 14.0. The monoisotopic (exact) mass is 600 g/mol. The molecule has 0 aliphatic carbocycles. The Morgan fingerprint density at radius 2 is 1.75 bits per heavy atom. The van der Waals surface area contributed by atoms with Crippen molar-refractivity contribution in [2.24, 2.45) is 0 Å². The van der Waals surface area contributed by atoms with E-state index in [0.717, 1.165) is 22.4 Å². The molecule has 2 heterocycles. The molecule has 2 aromatic carbocycles. The predicted molar refractivity (Wildman–Crippen MR) is 164 cm³/mol. The molecular formula is C32H36N6O6. The summed E-state index contributed by atoms with van der Waals surface area (Å²) in [7, 11) is 0. The van der Waals surface area contributed by atoms with Crippen LogP contribution in [0.15, 0.2) is 61.1 Å². The lowest BCUT2D eigenvalue weighted by atomic mass is 10.1. The molecule has 0 fully saturated rings. The summed E-state index contributed by atoms with van der Waals surface area (Å²) in [6.45, 7) is 7.54. The fourth-order valence-electron chi connectivity index (χ4n) is 4.52. The zero-order chi connectivity index (χ0) is 31.6. The zero-order valence-corrected chi connectivity index (χ0v) is 25.3. The van der Waals surface area contributed by atoms with Gasteiger partial charge in [0.15, 0.2) is 5.82 Å². The molecule has 12 heteroatoms. The number of aryl methyl sites for hydroxylation is 2. The van der Waals surface area contributed by atoms with Gasteiger partial charge in [-0.2, -0.15) is 5.10 Å². The molecule has 12 nitrogen and oxygen atoms in total. The van der Waals surface area contributed by atoms with Crippen molar-refractivity contribution in [2.45, 2.75) is 47.0 Å². The van der Waals surface area contributed by atoms with Crippen LogP contribution in [0.25, 0.3) is 5.52 Å². The van der Waals surface area contributed by atoms with Crippen molar-refractivity contribution < 1.29 is 28.7 Å². The first-order chi connectivity index (χ1) is 21.2. The number of hydrogen-bond donors (Lipinski definition) is 2. The minimum atomic E-state index is -0.922. The second-order valence-corrected chi connectivity index (χ2v) is 10.1. The van der Waals surface area contributed by atoms with E-state index in [9.17, 15) is 19.2 Å². The van der Waals surface area contributed by atoms with Crippen LogP contribution in [0.4, 0.5) is 16.3 Å². The molecule has 3 amide bonds. The van der Waals surface area contributed by atoms with Crippen LogP contribution in [0.2, 0.25) is 0 Å². The molecule has 4 rings (SSSR count). The van der Waals surface area contributed by atoms with Gasteiger partial charge in [0.2, 0.25) is 6.79 Å². The molecule has 44 heavy (non-hydrogen) atoms. The average Bonchev–Trinajstić information content (AvgIpc) is 3.36. The van der Waals surface area contributed by atoms with Crippen LogP contribution in [0.5, 0.6) is 0 Å². The van der Waals surface area contributed by atoms with Crippen LogP contribution < -0.4 is 10.6 Å². The normalized spacial score (nSPS) is 10.7. The Kier molecular flexibility index (Phi) is 10.6. The highest BCUT2D eigenvalue weighted by Gasteiger charge is 2.25. The van der Waals surface area contributed by atoms with E-state index >= 15 is 0 Å². The number of amides is 3. The summed E-state index contributed by atoms with van der Waals surface area (Å²) < 4.78 is 11.7. The van der Waals surface area contributed by atoms with Gasteiger partial charge >= 0.3 is 12.1 Å². The van der Waals surface area contributed by atoms with E-state index in [-0.39, 0.29) is 24.4 Å². The first-order valence-corrected chi connectivity index (χ1v) is 14.4. The van der Waals surface area contributed by atoms with Gasteiger partial charge in [0.1, 0.15) is 11.8 Å². The van der Waals surface area contributed by atoms with Crippen LogP contribution in [0.1, 0.15) is 64.1 Å². The van der Waals surface area contributed by atoms with Gasteiger partial charge in [-0.05, 0) is 55.5 Å². The summed E-state index contributed by atoms with van der Waals surface area (Å²) in [6.07, 6.45) is 3.45. The second-order valence-electron chi connectivity index (χ2n) is 10.1. The van der Waals surface area contributed by atoms with Crippen molar-refractivity contribution in [1.82, 2.24) is 24.8 Å². The van der Waals surface area contributed by atoms with Gasteiger partial charge < -0.3 is 20.1 Å². The predicted octanol–water partition coefficient (Wildman–Crippen LogP) is 4.96. The number of carbonyl (C=O) groups is 4. The molecular weight excluding hydrogens is 564 g/mol. The lowest BCUT2D eigenvalue weighted by Crippen LogP contribution is -2.38. The van der Waals surface area contributed by atoms with E-state index in [0.29, 0.717) is 41.1 Å². The zero-order valence-electron chi connectivity index (χ0n) is 25.3. The van der Waals surface area contributed by atoms with Crippen molar-refractivity contribution in [3.05, 3.63) is 88.9 Å². The van der Waals surface area contributed by atoms with Gasteiger partial charge in [-0.25, -0.2) is 19.2 Å². The summed E-state index contributed by atoms with van der Waals surface area (Å²) in [5, 5.41) is 10.4. The van der Waals surface area contributed by atoms with Crippen molar-refractivity contribution in [3.63, 3.8) is 0 Å². The third kappa shape index (κ3) is 7.57. The Bertz CT molecular complexity index is 1650. The topological polar surface area (TPSA) is 144 Å². The number of imide groups is 1. The maximum absolute atomic E-state index is 13.5. The van der Waals surface area contributed by atoms with Crippen molar-refractivity contribution in [3.8, 4) is 0 Å². The van der Waals surface area contributed by atoms with Crippen LogP contribution in [-0.4, -0.2) is 63.3 Å². The number of nitrogens with zero attached hydrogens (tertiary/aromatic N) is 4. The fraction of sp³-hybridized carbons (Fsp3) is 0.312. The molecule has 0 bridgehead atoms. The van der Waals surface area contributed by atoms with Gasteiger partial charge in [-0.1, -0.05) is 50.2 Å². The summed E-state index contributed by atoms with van der Waals surface area (Å²) in [5.41, 5.74) is 4.20. The molecule has 2 N–H and O–H groups in total. The Hall–Kier alpha value is -5.26. The Labute approximate surface area is 255 Å². The summed E-state index contributed by atoms with van der Waals surface area (Å²) >= 11 is 0. The number of aromatic nitrogens is 3. The number of anilines is 2. The third-order valence-corrected chi connectivity index (χ3v) is 6.85. The standard InChI is InChI=1S/C32H36N6O6/c1-5-14-33-30(40)25-18-38-28(22(25)4)29(34-19-35-38)36-26-17-24(13-12-21(26)3)31(41)37(15-6-2)32(42)44-20-43-27(39)16-23-10-8-7-9-11-23/h7-13,17-19H,5-6,14-16,20H2,1-4H3,(H,33,40)(H,34,35,36). The van der Waals surface area contributed by atoms with Crippen LogP contribution >= 0.6 is 0 Å². The molecule has 2 aromatic heterocycles. The van der Waals surface area contributed by atoms with Crippen molar-refractivity contribution in [2.75, 3.05) is 25.2 Å². The average molecular weight is 601 g/mol. The van der Waals surface area contributed by atoms with Crippen molar-refractivity contribution in [1.29, 1.82) is 0 Å². The highest BCUT2D eigenvalue weighted by Crippen LogP contribution is 2.28. The summed E-state index contributed by atoms with van der Waals surface area (Å²) in [5.74, 6) is -0.880. The van der Waals surface area contributed by atoms with E-state index in [4.69, 9.17) is 9.47 Å². The highest BCUT2D eigenvalue weighted by atomic mass is 16.7. The third-order valence-electron chi connectivity index (χ3n) is 6.85. The van der Waals surface area contributed by atoms with Gasteiger partial charge in [-0.3, -0.25) is 14.4 Å². The highest BCUT2D eigenvalue weighted by molar-refractivity contribution is 6.04. The first-order valence-electron chi connectivity index (χ1n) is 14.4. The molecule has 0 saturated heterocycles. The van der Waals surface area contributed by atoms with Crippen LogP contribution in [-0.2, 0) is 20.7 Å². The number of hydrogen-bond acceptors (Lipinski definition) is 9. The molecule has 0 atom stereocenters. The number of carbonyl (C=O) groups excluding carboxylic acids is 4. The van der Waals surface area contributed by atoms with E-state index in [2.05, 4.69) is 20.7 Å². The van der Waals surface area contributed by atoms with E-state index in [1.165, 1.54) is 6.33 Å². The largest absolute Gasteiger partial charge is 0.428 e. The number of nitrogens with one attached hydrogen (secondary N) is 2. The molecule has 0 spiro atoms. The first kappa shape index (κ1) is 31.7. The lowest BCUT2D eigenvalue weighted by molar-refractivity contribution is -0.151. The minimum Gasteiger partial charge on any atom is -0.428 e.